The van der Waals surface area contributed by atoms with E-state index in [4.69, 9.17) is 15.2 Å². The quantitative estimate of drug-likeness (QED) is 0.130. The third-order valence-corrected chi connectivity index (χ3v) is 9.67. The zero-order valence-electron chi connectivity index (χ0n) is 25.3. The van der Waals surface area contributed by atoms with Crippen LogP contribution in [-0.4, -0.2) is 106 Å². The maximum atomic E-state index is 13.6. The van der Waals surface area contributed by atoms with Crippen molar-refractivity contribution in [1.29, 1.82) is 0 Å². The molecule has 46 heavy (non-hydrogen) atoms. The van der Waals surface area contributed by atoms with Crippen molar-refractivity contribution in [3.05, 3.63) is 83.6 Å². The molecule has 4 atom stereocenters. The number of aliphatic carboxylic acids is 1. The van der Waals surface area contributed by atoms with Crippen LogP contribution in [0.15, 0.2) is 72.5 Å². The topological polar surface area (TPSA) is 172 Å². The van der Waals surface area contributed by atoms with Crippen molar-refractivity contribution < 1.29 is 38.6 Å². The molecule has 5 rings (SSSR count). The van der Waals surface area contributed by atoms with Crippen LogP contribution in [0.4, 0.5) is 4.79 Å². The van der Waals surface area contributed by atoms with Gasteiger partial charge in [0.05, 0.1) is 18.6 Å². The molecule has 4 N–H and O–H groups in total. The Kier molecular flexibility index (Phi) is 10.3. The summed E-state index contributed by atoms with van der Waals surface area (Å²) < 4.78 is 10.3. The number of carbonyl (C=O) groups excluding carboxylic acids is 4. The van der Waals surface area contributed by atoms with E-state index in [2.05, 4.69) is 18.5 Å². The third kappa shape index (κ3) is 6.73. The second-order valence-electron chi connectivity index (χ2n) is 11.3. The van der Waals surface area contributed by atoms with Gasteiger partial charge in [0.1, 0.15) is 30.3 Å². The van der Waals surface area contributed by atoms with E-state index in [1.165, 1.54) is 28.8 Å². The summed E-state index contributed by atoms with van der Waals surface area (Å²) in [5.74, 6) is -1.97. The number of carboxylic acids is 1. The molecule has 244 valence electrons. The van der Waals surface area contributed by atoms with Gasteiger partial charge in [-0.1, -0.05) is 49.6 Å². The summed E-state index contributed by atoms with van der Waals surface area (Å²) in [5.41, 5.74) is 8.40. The number of amides is 3. The molecule has 2 unspecified atom stereocenters. The van der Waals surface area contributed by atoms with Gasteiger partial charge >= 0.3 is 18.0 Å². The second-order valence-corrected chi connectivity index (χ2v) is 12.4. The Bertz CT molecular complexity index is 1490. The van der Waals surface area contributed by atoms with Gasteiger partial charge < -0.3 is 30.5 Å². The number of hydrogen-bond acceptors (Lipinski definition) is 10. The van der Waals surface area contributed by atoms with Crippen LogP contribution in [0.2, 0.25) is 0 Å². The molecular weight excluding hydrogens is 614 g/mol. The number of hydrogen-bond donors (Lipinski definition) is 3. The number of benzene rings is 1. The number of likely N-dealkylation sites (tertiary alicyclic amines) is 2. The first kappa shape index (κ1) is 33.0. The van der Waals surface area contributed by atoms with Gasteiger partial charge in [-0.3, -0.25) is 24.2 Å². The van der Waals surface area contributed by atoms with Crippen molar-refractivity contribution in [1.82, 2.24) is 20.0 Å². The average molecular weight is 652 g/mol. The number of carbonyl (C=O) groups is 5. The number of esters is 1. The Balaban J connectivity index is 1.29. The van der Waals surface area contributed by atoms with Crippen LogP contribution in [0, 0.1) is 0 Å². The smallest absolute Gasteiger partial charge is 0.410 e. The molecule has 0 aliphatic carbocycles. The highest BCUT2D eigenvalue weighted by atomic mass is 32.2. The Morgan fingerprint density at radius 2 is 1.83 bits per heavy atom. The summed E-state index contributed by atoms with van der Waals surface area (Å²) in [6.07, 6.45) is 4.96. The first-order valence-electron chi connectivity index (χ1n) is 14.9. The van der Waals surface area contributed by atoms with Gasteiger partial charge in [-0.2, -0.15) is 0 Å². The van der Waals surface area contributed by atoms with Gasteiger partial charge in [-0.05, 0) is 35.6 Å². The van der Waals surface area contributed by atoms with Gasteiger partial charge in [0, 0.05) is 31.0 Å². The summed E-state index contributed by atoms with van der Waals surface area (Å²) in [5, 5.41) is 12.5. The van der Waals surface area contributed by atoms with Crippen molar-refractivity contribution >= 4 is 41.6 Å². The summed E-state index contributed by atoms with van der Waals surface area (Å²) in [6, 6.07) is 6.28. The number of thioether (sulfide) groups is 1. The van der Waals surface area contributed by atoms with E-state index in [1.807, 2.05) is 24.3 Å². The Morgan fingerprint density at radius 3 is 2.52 bits per heavy atom. The van der Waals surface area contributed by atoms with Crippen molar-refractivity contribution in [3.8, 4) is 0 Å². The minimum absolute atomic E-state index is 0.0480. The average Bonchev–Trinajstić information content (AvgIpc) is 3.65. The lowest BCUT2D eigenvalue weighted by atomic mass is 10.0. The van der Waals surface area contributed by atoms with E-state index in [9.17, 15) is 29.1 Å². The molecule has 3 saturated heterocycles. The van der Waals surface area contributed by atoms with Crippen molar-refractivity contribution in [2.45, 2.75) is 42.9 Å². The molecule has 0 bridgehead atoms. The highest BCUT2D eigenvalue weighted by Gasteiger charge is 2.52. The molecule has 4 heterocycles. The fraction of sp³-hybridized carbons (Fsp3) is 0.406. The van der Waals surface area contributed by atoms with Crippen molar-refractivity contribution in [2.75, 3.05) is 38.6 Å². The highest BCUT2D eigenvalue weighted by molar-refractivity contribution is 8.00. The monoisotopic (exact) mass is 651 g/mol. The molecule has 4 aliphatic heterocycles. The largest absolute Gasteiger partial charge is 0.477 e. The zero-order valence-corrected chi connectivity index (χ0v) is 26.1. The molecule has 0 aromatic heterocycles. The van der Waals surface area contributed by atoms with Crippen molar-refractivity contribution in [2.24, 2.45) is 5.73 Å². The number of nitrogens with one attached hydrogen (secondary N) is 1. The second kappa shape index (κ2) is 14.4. The van der Waals surface area contributed by atoms with Crippen LogP contribution in [0.5, 0.6) is 0 Å². The molecule has 14 heteroatoms. The van der Waals surface area contributed by atoms with E-state index in [0.717, 1.165) is 11.1 Å². The maximum absolute atomic E-state index is 13.6. The summed E-state index contributed by atoms with van der Waals surface area (Å²) >= 11 is 1.38. The normalized spacial score (nSPS) is 25.0. The van der Waals surface area contributed by atoms with E-state index in [1.54, 1.807) is 15.9 Å². The Hall–Kier alpha value is -4.40. The fourth-order valence-corrected chi connectivity index (χ4v) is 7.37. The minimum Gasteiger partial charge on any atom is -0.477 e. The minimum atomic E-state index is -1.24. The number of allylic oxidation sites excluding steroid dienone is 1. The maximum Gasteiger partial charge on any atom is 0.410 e. The lowest BCUT2D eigenvalue weighted by Gasteiger charge is -2.47. The van der Waals surface area contributed by atoms with E-state index >= 15 is 0 Å². The molecule has 13 nitrogen and oxygen atoms in total. The van der Waals surface area contributed by atoms with Gasteiger partial charge in [0.2, 0.25) is 11.8 Å². The molecule has 4 aliphatic rings. The lowest BCUT2D eigenvalue weighted by Crippen LogP contribution is -2.68. The molecule has 0 spiro atoms. The molecule has 3 fully saturated rings. The number of β-lactam (4-membered cyclic amide) rings is 1. The van der Waals surface area contributed by atoms with E-state index in [0.29, 0.717) is 42.8 Å². The molecule has 1 aromatic rings. The van der Waals surface area contributed by atoms with Crippen LogP contribution >= 0.6 is 11.8 Å². The molecule has 1 aromatic carbocycles. The first-order chi connectivity index (χ1) is 22.1. The Morgan fingerprint density at radius 1 is 1.11 bits per heavy atom. The number of nitrogens with two attached hydrogens (primary N) is 1. The van der Waals surface area contributed by atoms with Crippen LogP contribution in [0.3, 0.4) is 0 Å². The first-order valence-corrected chi connectivity index (χ1v) is 16.0. The van der Waals surface area contributed by atoms with E-state index < -0.39 is 29.4 Å². The molecule has 0 radical (unpaired) electrons. The Labute approximate surface area is 270 Å². The van der Waals surface area contributed by atoms with Gasteiger partial charge in [0.25, 0.3) is 0 Å². The van der Waals surface area contributed by atoms with Crippen LogP contribution in [-0.2, 0) is 35.2 Å². The number of nitrogens with zero attached hydrogens (tertiary/aromatic N) is 3. The van der Waals surface area contributed by atoms with Crippen LogP contribution in [0.1, 0.15) is 30.0 Å². The predicted octanol–water partition coefficient (Wildman–Crippen LogP) is 1.68. The lowest BCUT2D eigenvalue weighted by molar-refractivity contribution is -0.147. The molecular formula is C32H37N5O8S. The molecule has 3 amide bonds. The number of ether oxygens (including phenoxy) is 2. The van der Waals surface area contributed by atoms with Gasteiger partial charge in [0.15, 0.2) is 0 Å². The van der Waals surface area contributed by atoms with E-state index in [-0.39, 0.29) is 56.0 Å². The third-order valence-electron chi connectivity index (χ3n) is 8.35. The standard InChI is InChI=1S/C32H37N5O8S/c1-3-11-44-25(38)16-34-15-19-5-7-20(8-6-19)24-14-23(17-36(24)32(43)45-12-4-2)35-10-9-21(28(35)39)13-22-18-46-30-26(33)29(40)37(30)27(22)31(41)42/h3-8,13,23-24,26,30,34H,1-2,9-12,14-18,33H2,(H,41,42)/b21-13+/t23?,24?,26-,30-/m1/s1. The van der Waals surface area contributed by atoms with Gasteiger partial charge in [-0.15, -0.1) is 11.8 Å². The fourth-order valence-electron chi connectivity index (χ4n) is 6.12. The molecule has 0 saturated carbocycles. The predicted molar refractivity (Wildman–Crippen MR) is 169 cm³/mol. The zero-order chi connectivity index (χ0) is 33.0. The number of carboxylic acid groups (broad SMARTS) is 1. The van der Waals surface area contributed by atoms with Gasteiger partial charge in [-0.25, -0.2) is 9.59 Å². The highest BCUT2D eigenvalue weighted by Crippen LogP contribution is 2.41. The summed E-state index contributed by atoms with van der Waals surface area (Å²) in [7, 11) is 0. The summed E-state index contributed by atoms with van der Waals surface area (Å²) in [4.78, 5) is 67.4. The van der Waals surface area contributed by atoms with Crippen molar-refractivity contribution in [3.63, 3.8) is 0 Å². The SMILES string of the molecule is C=CCOC(=O)CNCc1ccc(C2CC(N3CC/C(=C\C4=C(C(=O)O)N5C(=O)[C@@H](N)[C@H]5SC4)C3=O)CN2C(=O)OCC=C)cc1. The number of rotatable bonds is 12. The van der Waals surface area contributed by atoms with Crippen LogP contribution in [0.25, 0.3) is 0 Å². The van der Waals surface area contributed by atoms with Crippen LogP contribution < -0.4 is 11.1 Å². The number of fused-ring (bicyclic) bond motifs is 1. The summed E-state index contributed by atoms with van der Waals surface area (Å²) in [6.45, 7) is 8.51.